The van der Waals surface area contributed by atoms with Gasteiger partial charge in [-0.05, 0) is 45.9 Å². The second-order valence-electron chi connectivity index (χ2n) is 6.56. The maximum Gasteiger partial charge on any atom is 0.338 e. The monoisotopic (exact) mass is 386 g/mol. The van der Waals surface area contributed by atoms with Crippen LogP contribution in [0.25, 0.3) is 0 Å². The number of nitrogens with zero attached hydrogens (tertiary/aromatic N) is 2. The molecule has 0 atom stereocenters. The highest BCUT2D eigenvalue weighted by Gasteiger charge is 2.16. The number of carbonyl (C=O) groups is 2. The van der Waals surface area contributed by atoms with Gasteiger partial charge in [-0.25, -0.2) is 4.79 Å². The third-order valence-corrected chi connectivity index (χ3v) is 4.16. The number of likely N-dealkylation sites (N-methyl/N-ethyl adjacent to an activating group) is 1. The van der Waals surface area contributed by atoms with Crippen LogP contribution >= 0.6 is 0 Å². The molecule has 0 saturated carbocycles. The van der Waals surface area contributed by atoms with E-state index < -0.39 is 5.97 Å². The maximum atomic E-state index is 12.3. The van der Waals surface area contributed by atoms with Gasteiger partial charge in [0.05, 0.1) is 16.8 Å². The summed E-state index contributed by atoms with van der Waals surface area (Å²) in [5.74, 6) is 0.368. The molecule has 28 heavy (non-hydrogen) atoms. The predicted molar refractivity (Wildman–Crippen MR) is 104 cm³/mol. The molecule has 1 amide bonds. The fraction of sp³-hybridized carbons (Fsp3) is 0.381. The van der Waals surface area contributed by atoms with Gasteiger partial charge in [0.2, 0.25) is 0 Å². The van der Waals surface area contributed by atoms with Crippen LogP contribution in [0.1, 0.15) is 41.2 Å². The number of hydrogen-bond donors (Lipinski definition) is 0. The van der Waals surface area contributed by atoms with Crippen molar-refractivity contribution in [1.82, 2.24) is 10.1 Å². The van der Waals surface area contributed by atoms with Crippen molar-refractivity contribution in [2.24, 2.45) is 0 Å². The minimum absolute atomic E-state index is 0.260. The molecule has 0 saturated heterocycles. The topological polar surface area (TPSA) is 81.9 Å². The third kappa shape index (κ3) is 5.70. The highest BCUT2D eigenvalue weighted by Crippen LogP contribution is 2.19. The zero-order chi connectivity index (χ0) is 20.7. The molecular weight excluding hydrogens is 360 g/mol. The van der Waals surface area contributed by atoms with Crippen LogP contribution in [0.4, 0.5) is 0 Å². The molecule has 0 aliphatic rings. The van der Waals surface area contributed by atoms with Crippen LogP contribution in [0.15, 0.2) is 40.9 Å². The van der Waals surface area contributed by atoms with Crippen LogP contribution < -0.4 is 4.74 Å². The van der Waals surface area contributed by atoms with Gasteiger partial charge in [0, 0.05) is 13.1 Å². The fourth-order valence-electron chi connectivity index (χ4n) is 2.58. The van der Waals surface area contributed by atoms with Crippen molar-refractivity contribution in [3.8, 4) is 5.75 Å². The molecular formula is C21H26N2O5. The van der Waals surface area contributed by atoms with Gasteiger partial charge in [-0.15, -0.1) is 0 Å². The lowest BCUT2D eigenvalue weighted by molar-refractivity contribution is -0.133. The van der Waals surface area contributed by atoms with Gasteiger partial charge in [0.1, 0.15) is 18.1 Å². The van der Waals surface area contributed by atoms with E-state index in [0.717, 1.165) is 16.8 Å². The van der Waals surface area contributed by atoms with Crippen LogP contribution in [0, 0.1) is 13.8 Å². The Hall–Kier alpha value is -3.09. The van der Waals surface area contributed by atoms with Crippen molar-refractivity contribution < 1.29 is 23.6 Å². The summed E-state index contributed by atoms with van der Waals surface area (Å²) in [6, 6.07) is 6.63. The summed E-state index contributed by atoms with van der Waals surface area (Å²) in [5, 5.41) is 3.88. The van der Waals surface area contributed by atoms with E-state index in [1.54, 1.807) is 29.2 Å². The van der Waals surface area contributed by atoms with Gasteiger partial charge in [-0.2, -0.15) is 0 Å². The molecule has 0 N–H and O–H groups in total. The Bertz CT molecular complexity index is 837. The van der Waals surface area contributed by atoms with Crippen LogP contribution in [-0.2, 0) is 16.1 Å². The normalized spacial score (nSPS) is 10.4. The Labute approximate surface area is 164 Å². The lowest BCUT2D eigenvalue weighted by Gasteiger charge is -2.20. The molecule has 1 aromatic carbocycles. The first-order chi connectivity index (χ1) is 13.3. The van der Waals surface area contributed by atoms with E-state index in [1.165, 1.54) is 0 Å². The van der Waals surface area contributed by atoms with Crippen molar-refractivity contribution in [3.63, 3.8) is 0 Å². The van der Waals surface area contributed by atoms with Crippen LogP contribution in [0.3, 0.4) is 0 Å². The molecule has 0 aliphatic heterocycles. The van der Waals surface area contributed by atoms with E-state index in [4.69, 9.17) is 14.0 Å². The number of ether oxygens (including phenoxy) is 2. The first-order valence-corrected chi connectivity index (χ1v) is 9.05. The lowest BCUT2D eigenvalue weighted by Crippen LogP contribution is -2.35. The summed E-state index contributed by atoms with van der Waals surface area (Å²) in [7, 11) is 0. The average molecular weight is 386 g/mol. The maximum absolute atomic E-state index is 12.3. The average Bonchev–Trinajstić information content (AvgIpc) is 3.00. The molecule has 0 unspecified atom stereocenters. The largest absolute Gasteiger partial charge is 0.489 e. The van der Waals surface area contributed by atoms with Crippen molar-refractivity contribution in [3.05, 3.63) is 59.0 Å². The van der Waals surface area contributed by atoms with Gasteiger partial charge in [0.15, 0.2) is 6.61 Å². The van der Waals surface area contributed by atoms with Crippen molar-refractivity contribution >= 4 is 11.9 Å². The first kappa shape index (κ1) is 21.2. The number of rotatable bonds is 9. The molecule has 1 aromatic heterocycles. The zero-order valence-electron chi connectivity index (χ0n) is 16.8. The quantitative estimate of drug-likeness (QED) is 0.485. The number of benzene rings is 1. The van der Waals surface area contributed by atoms with Gasteiger partial charge in [-0.3, -0.25) is 4.79 Å². The molecule has 2 rings (SSSR count). The summed E-state index contributed by atoms with van der Waals surface area (Å²) < 4.78 is 16.0. The first-order valence-electron chi connectivity index (χ1n) is 9.05. The minimum Gasteiger partial charge on any atom is -0.489 e. The summed E-state index contributed by atoms with van der Waals surface area (Å²) in [6.07, 6.45) is 0. The third-order valence-electron chi connectivity index (χ3n) is 4.16. The Morgan fingerprint density at radius 1 is 1.29 bits per heavy atom. The van der Waals surface area contributed by atoms with E-state index in [-0.39, 0.29) is 19.1 Å². The van der Waals surface area contributed by atoms with Crippen LogP contribution in [0.2, 0.25) is 0 Å². The predicted octanol–water partition coefficient (Wildman–Crippen LogP) is 3.45. The van der Waals surface area contributed by atoms with Gasteiger partial charge >= 0.3 is 5.97 Å². The summed E-state index contributed by atoms with van der Waals surface area (Å²) in [4.78, 5) is 26.0. The number of amides is 1. The standard InChI is InChI=1S/C21H26N2O5/c1-6-23(11-14(2)3)20(24)13-27-21(25)17-8-7-9-18(10-17)26-12-19-15(4)22-28-16(19)5/h7-10H,2,6,11-13H2,1,3-5H3. The second kappa shape index (κ2) is 9.73. The fourth-order valence-corrected chi connectivity index (χ4v) is 2.58. The van der Waals surface area contributed by atoms with Gasteiger partial charge in [0.25, 0.3) is 5.91 Å². The van der Waals surface area contributed by atoms with E-state index in [0.29, 0.717) is 30.2 Å². The SMILES string of the molecule is C=C(C)CN(CC)C(=O)COC(=O)c1cccc(OCc2c(C)noc2C)c1. The molecule has 1 heterocycles. The van der Waals surface area contributed by atoms with Crippen molar-refractivity contribution in [2.75, 3.05) is 19.7 Å². The molecule has 7 nitrogen and oxygen atoms in total. The highest BCUT2D eigenvalue weighted by atomic mass is 16.5. The Morgan fingerprint density at radius 3 is 2.64 bits per heavy atom. The number of aryl methyl sites for hydroxylation is 2. The van der Waals surface area contributed by atoms with E-state index in [9.17, 15) is 9.59 Å². The van der Waals surface area contributed by atoms with E-state index in [2.05, 4.69) is 11.7 Å². The molecule has 2 aromatic rings. The Kier molecular flexibility index (Phi) is 7.37. The Morgan fingerprint density at radius 2 is 2.04 bits per heavy atom. The molecule has 0 aliphatic carbocycles. The summed E-state index contributed by atoms with van der Waals surface area (Å²) in [6.45, 7) is 12.1. The molecule has 0 spiro atoms. The molecule has 0 bridgehead atoms. The van der Waals surface area contributed by atoms with E-state index >= 15 is 0 Å². The smallest absolute Gasteiger partial charge is 0.338 e. The van der Waals surface area contributed by atoms with Crippen molar-refractivity contribution in [1.29, 1.82) is 0 Å². The number of carbonyl (C=O) groups excluding carboxylic acids is 2. The number of aromatic nitrogens is 1. The van der Waals surface area contributed by atoms with Crippen LogP contribution in [-0.4, -0.2) is 41.6 Å². The molecule has 0 radical (unpaired) electrons. The lowest BCUT2D eigenvalue weighted by atomic mass is 10.2. The van der Waals surface area contributed by atoms with Crippen LogP contribution in [0.5, 0.6) is 5.75 Å². The van der Waals surface area contributed by atoms with Gasteiger partial charge < -0.3 is 18.9 Å². The Balaban J connectivity index is 1.94. The minimum atomic E-state index is -0.581. The summed E-state index contributed by atoms with van der Waals surface area (Å²) >= 11 is 0. The number of esters is 1. The van der Waals surface area contributed by atoms with E-state index in [1.807, 2.05) is 27.7 Å². The highest BCUT2D eigenvalue weighted by molar-refractivity contribution is 5.91. The van der Waals surface area contributed by atoms with Crippen molar-refractivity contribution in [2.45, 2.75) is 34.3 Å². The molecule has 7 heteroatoms. The molecule has 150 valence electrons. The summed E-state index contributed by atoms with van der Waals surface area (Å²) in [5.41, 5.74) is 2.81. The second-order valence-corrected chi connectivity index (χ2v) is 6.56. The number of hydrogen-bond acceptors (Lipinski definition) is 6. The zero-order valence-corrected chi connectivity index (χ0v) is 16.8. The van der Waals surface area contributed by atoms with Gasteiger partial charge in [-0.1, -0.05) is 23.4 Å². The molecule has 0 fully saturated rings.